The van der Waals surface area contributed by atoms with Gasteiger partial charge in [0.05, 0.1) is 0 Å². The highest BCUT2D eigenvalue weighted by atomic mass is 15.5. The lowest BCUT2D eigenvalue weighted by molar-refractivity contribution is 0.264. The van der Waals surface area contributed by atoms with E-state index in [0.717, 1.165) is 18.0 Å². The minimum absolute atomic E-state index is 0.0917. The standard InChI is InChI=1S/C12H20N4/c1-4-7-13-16-10(3)14-9(2)8-12(16)15-11-5-6-11/h7-8,10-11,15H,4-6H2,1-3H3/b13-7-. The van der Waals surface area contributed by atoms with Gasteiger partial charge in [0.2, 0.25) is 0 Å². The normalized spacial score (nSPS) is 25.7. The molecule has 1 unspecified atom stereocenters. The van der Waals surface area contributed by atoms with Gasteiger partial charge in [0.15, 0.2) is 0 Å². The van der Waals surface area contributed by atoms with Crippen LogP contribution >= 0.6 is 0 Å². The Morgan fingerprint density at radius 1 is 1.62 bits per heavy atom. The van der Waals surface area contributed by atoms with Gasteiger partial charge in [-0.3, -0.25) is 4.99 Å². The zero-order chi connectivity index (χ0) is 11.5. The molecule has 4 heteroatoms. The number of rotatable bonds is 4. The molecule has 16 heavy (non-hydrogen) atoms. The minimum Gasteiger partial charge on any atom is -0.367 e. The van der Waals surface area contributed by atoms with Crippen molar-refractivity contribution in [1.82, 2.24) is 10.3 Å². The highest BCUT2D eigenvalue weighted by Gasteiger charge is 2.27. The predicted molar refractivity (Wildman–Crippen MR) is 67.4 cm³/mol. The van der Waals surface area contributed by atoms with E-state index in [0.29, 0.717) is 6.04 Å². The molecule has 1 aliphatic carbocycles. The van der Waals surface area contributed by atoms with Crippen molar-refractivity contribution < 1.29 is 0 Å². The van der Waals surface area contributed by atoms with Gasteiger partial charge in [-0.25, -0.2) is 5.01 Å². The molecule has 1 heterocycles. The molecule has 2 aliphatic rings. The summed E-state index contributed by atoms with van der Waals surface area (Å²) in [6, 6.07) is 0.642. The molecular formula is C12H20N4. The average molecular weight is 220 g/mol. The Bertz CT molecular complexity index is 339. The highest BCUT2D eigenvalue weighted by Crippen LogP contribution is 2.23. The van der Waals surface area contributed by atoms with Gasteiger partial charge >= 0.3 is 0 Å². The molecule has 0 aromatic carbocycles. The van der Waals surface area contributed by atoms with Gasteiger partial charge in [-0.15, -0.1) is 0 Å². The summed E-state index contributed by atoms with van der Waals surface area (Å²) in [6.45, 7) is 6.19. The summed E-state index contributed by atoms with van der Waals surface area (Å²) in [5, 5.41) is 9.92. The number of hydrogen-bond donors (Lipinski definition) is 1. The number of nitrogens with one attached hydrogen (secondary N) is 1. The molecule has 0 radical (unpaired) electrons. The van der Waals surface area contributed by atoms with Crippen LogP contribution in [0.1, 0.15) is 40.0 Å². The summed E-state index contributed by atoms with van der Waals surface area (Å²) in [5.74, 6) is 1.09. The Balaban J connectivity index is 2.12. The lowest BCUT2D eigenvalue weighted by Gasteiger charge is -2.30. The molecule has 0 amide bonds. The van der Waals surface area contributed by atoms with Crippen molar-refractivity contribution >= 4 is 11.9 Å². The summed E-state index contributed by atoms with van der Waals surface area (Å²) < 4.78 is 0. The first-order valence-electron chi connectivity index (χ1n) is 6.05. The SMILES string of the molecule is CC/C=N\N1C(NC2CC2)=CC(C)=NC1C. The van der Waals surface area contributed by atoms with Crippen LogP contribution in [0.3, 0.4) is 0 Å². The Labute approximate surface area is 97.1 Å². The first-order chi connectivity index (χ1) is 7.70. The third-order valence-electron chi connectivity index (χ3n) is 2.65. The first-order valence-corrected chi connectivity index (χ1v) is 6.05. The number of nitrogens with zero attached hydrogens (tertiary/aromatic N) is 3. The van der Waals surface area contributed by atoms with E-state index in [-0.39, 0.29) is 6.17 Å². The van der Waals surface area contributed by atoms with Crippen LogP contribution in [0.15, 0.2) is 22.0 Å². The Morgan fingerprint density at radius 2 is 2.38 bits per heavy atom. The van der Waals surface area contributed by atoms with Gasteiger partial charge in [0, 0.05) is 24.0 Å². The molecular weight excluding hydrogens is 200 g/mol. The van der Waals surface area contributed by atoms with Gasteiger partial charge in [-0.05, 0) is 33.1 Å². The highest BCUT2D eigenvalue weighted by molar-refractivity contribution is 5.94. The molecule has 88 valence electrons. The fourth-order valence-corrected chi connectivity index (χ4v) is 1.72. The Kier molecular flexibility index (Phi) is 3.27. The lowest BCUT2D eigenvalue weighted by atomic mass is 10.3. The Hall–Kier alpha value is -1.32. The zero-order valence-electron chi connectivity index (χ0n) is 10.3. The van der Waals surface area contributed by atoms with Gasteiger partial charge in [-0.2, -0.15) is 5.10 Å². The largest absolute Gasteiger partial charge is 0.367 e. The summed E-state index contributed by atoms with van der Waals surface area (Å²) in [6.07, 6.45) is 7.58. The topological polar surface area (TPSA) is 40.0 Å². The molecule has 4 nitrogen and oxygen atoms in total. The molecule has 1 fully saturated rings. The number of aliphatic imine (C=N–C) groups is 1. The molecule has 0 aromatic heterocycles. The van der Waals surface area contributed by atoms with Crippen LogP contribution < -0.4 is 5.32 Å². The quantitative estimate of drug-likeness (QED) is 0.737. The van der Waals surface area contributed by atoms with Crippen LogP contribution in [0.4, 0.5) is 0 Å². The van der Waals surface area contributed by atoms with Crippen molar-refractivity contribution in [3.05, 3.63) is 11.9 Å². The van der Waals surface area contributed by atoms with E-state index in [9.17, 15) is 0 Å². The van der Waals surface area contributed by atoms with Crippen molar-refractivity contribution in [2.75, 3.05) is 0 Å². The van der Waals surface area contributed by atoms with Crippen LogP contribution in [0.5, 0.6) is 0 Å². The summed E-state index contributed by atoms with van der Waals surface area (Å²) in [4.78, 5) is 4.51. The molecule has 2 rings (SSSR count). The van der Waals surface area contributed by atoms with Crippen LogP contribution in [0, 0.1) is 0 Å². The van der Waals surface area contributed by atoms with E-state index >= 15 is 0 Å². The van der Waals surface area contributed by atoms with Crippen LogP contribution in [0.2, 0.25) is 0 Å². The molecule has 1 atom stereocenters. The maximum Gasteiger partial charge on any atom is 0.141 e. The summed E-state index contributed by atoms with van der Waals surface area (Å²) in [5.41, 5.74) is 1.07. The number of allylic oxidation sites excluding steroid dienone is 1. The number of hydrogen-bond acceptors (Lipinski definition) is 4. The minimum atomic E-state index is 0.0917. The van der Waals surface area contributed by atoms with Crippen molar-refractivity contribution in [2.45, 2.75) is 52.2 Å². The maximum absolute atomic E-state index is 4.51. The third kappa shape index (κ3) is 2.62. The molecule has 1 aliphatic heterocycles. The van der Waals surface area contributed by atoms with E-state index in [4.69, 9.17) is 0 Å². The van der Waals surface area contributed by atoms with Crippen LogP contribution in [-0.4, -0.2) is 29.1 Å². The second kappa shape index (κ2) is 4.68. The predicted octanol–water partition coefficient (Wildman–Crippen LogP) is 2.10. The monoisotopic (exact) mass is 220 g/mol. The zero-order valence-corrected chi connectivity index (χ0v) is 10.3. The van der Waals surface area contributed by atoms with Crippen molar-refractivity contribution in [2.24, 2.45) is 10.1 Å². The van der Waals surface area contributed by atoms with Crippen molar-refractivity contribution in [3.8, 4) is 0 Å². The average Bonchev–Trinajstić information content (AvgIpc) is 3.00. The smallest absolute Gasteiger partial charge is 0.141 e. The molecule has 1 N–H and O–H groups in total. The maximum atomic E-state index is 4.51. The first kappa shape index (κ1) is 11.2. The molecule has 0 aromatic rings. The van der Waals surface area contributed by atoms with E-state index in [1.165, 1.54) is 12.8 Å². The van der Waals surface area contributed by atoms with E-state index in [1.807, 2.05) is 18.1 Å². The second-order valence-corrected chi connectivity index (χ2v) is 4.40. The van der Waals surface area contributed by atoms with Crippen molar-refractivity contribution in [1.29, 1.82) is 0 Å². The second-order valence-electron chi connectivity index (χ2n) is 4.40. The van der Waals surface area contributed by atoms with Crippen molar-refractivity contribution in [3.63, 3.8) is 0 Å². The molecule has 0 saturated heterocycles. The number of hydrazone groups is 1. The summed E-state index contributed by atoms with van der Waals surface area (Å²) >= 11 is 0. The molecule has 1 saturated carbocycles. The molecule has 0 bridgehead atoms. The van der Waals surface area contributed by atoms with E-state index in [1.54, 1.807) is 0 Å². The van der Waals surface area contributed by atoms with Gasteiger partial charge in [0.25, 0.3) is 0 Å². The molecule has 0 spiro atoms. The Morgan fingerprint density at radius 3 is 3.00 bits per heavy atom. The lowest BCUT2D eigenvalue weighted by Crippen LogP contribution is -2.37. The van der Waals surface area contributed by atoms with Gasteiger partial charge in [0.1, 0.15) is 12.0 Å². The van der Waals surface area contributed by atoms with Crippen LogP contribution in [-0.2, 0) is 0 Å². The fraction of sp³-hybridized carbons (Fsp3) is 0.667. The summed E-state index contributed by atoms with van der Waals surface area (Å²) in [7, 11) is 0. The third-order valence-corrected chi connectivity index (χ3v) is 2.65. The van der Waals surface area contributed by atoms with Gasteiger partial charge < -0.3 is 5.32 Å². The van der Waals surface area contributed by atoms with Crippen LogP contribution in [0.25, 0.3) is 0 Å². The van der Waals surface area contributed by atoms with Gasteiger partial charge in [-0.1, -0.05) is 6.92 Å². The fourth-order valence-electron chi connectivity index (χ4n) is 1.72. The van der Waals surface area contributed by atoms with E-state index in [2.05, 4.69) is 35.3 Å². The van der Waals surface area contributed by atoms with E-state index < -0.39 is 0 Å².